The zero-order chi connectivity index (χ0) is 14.5. The molecule has 0 radical (unpaired) electrons. The van der Waals surface area contributed by atoms with Gasteiger partial charge in [0.05, 0.1) is 6.61 Å². The Morgan fingerprint density at radius 2 is 2.20 bits per heavy atom. The lowest BCUT2D eigenvalue weighted by Crippen LogP contribution is -2.32. The molecule has 6 nitrogen and oxygen atoms in total. The summed E-state index contributed by atoms with van der Waals surface area (Å²) in [5.74, 6) is 0.255. The maximum atomic E-state index is 12.1. The molecule has 0 bridgehead atoms. The number of rotatable bonds is 5. The van der Waals surface area contributed by atoms with Gasteiger partial charge in [-0.1, -0.05) is 18.2 Å². The molecular formula is C13H16N4O2S. The third-order valence-electron chi connectivity index (χ3n) is 2.94. The van der Waals surface area contributed by atoms with Gasteiger partial charge in [-0.15, -0.1) is 0 Å². The third-order valence-corrected chi connectivity index (χ3v) is 3.25. The predicted molar refractivity (Wildman–Crippen MR) is 76.8 cm³/mol. The summed E-state index contributed by atoms with van der Waals surface area (Å²) in [6, 6.07) is 8.22. The first-order valence-electron chi connectivity index (χ1n) is 6.29. The molecule has 0 aliphatic carbocycles. The van der Waals surface area contributed by atoms with Gasteiger partial charge in [-0.2, -0.15) is 5.10 Å². The minimum atomic E-state index is -0.601. The molecule has 3 N–H and O–H groups in total. The maximum Gasteiger partial charge on any atom is 0.251 e. The predicted octanol–water partition coefficient (Wildman–Crippen LogP) is 1.42. The number of carbonyl (C=O) groups is 1. The van der Waals surface area contributed by atoms with Crippen molar-refractivity contribution in [2.45, 2.75) is 19.5 Å². The summed E-state index contributed by atoms with van der Waals surface area (Å²) in [5.41, 5.74) is 0.531. The van der Waals surface area contributed by atoms with Crippen molar-refractivity contribution in [1.82, 2.24) is 20.1 Å². The molecule has 1 amide bonds. The highest BCUT2D eigenvalue weighted by atomic mass is 32.1. The van der Waals surface area contributed by atoms with Gasteiger partial charge in [-0.3, -0.25) is 9.89 Å². The number of H-pyrrole nitrogens is 1. The van der Waals surface area contributed by atoms with Crippen LogP contribution in [0.5, 0.6) is 0 Å². The summed E-state index contributed by atoms with van der Waals surface area (Å²) < 4.78 is 2.21. The summed E-state index contributed by atoms with van der Waals surface area (Å²) >= 11 is 5.10. The Hall–Kier alpha value is -1.99. The van der Waals surface area contributed by atoms with Crippen LogP contribution in [0.2, 0.25) is 0 Å². The molecule has 0 saturated carbocycles. The molecule has 0 aliphatic heterocycles. The molecule has 0 spiro atoms. The highest BCUT2D eigenvalue weighted by Gasteiger charge is 2.20. The Balaban J connectivity index is 2.21. The zero-order valence-corrected chi connectivity index (χ0v) is 11.9. The van der Waals surface area contributed by atoms with Gasteiger partial charge in [0, 0.05) is 12.1 Å². The van der Waals surface area contributed by atoms with E-state index in [0.29, 0.717) is 22.7 Å². The van der Waals surface area contributed by atoms with Gasteiger partial charge in [0.2, 0.25) is 0 Å². The van der Waals surface area contributed by atoms with E-state index in [4.69, 9.17) is 12.2 Å². The summed E-state index contributed by atoms with van der Waals surface area (Å²) in [4.78, 5) is 12.1. The first-order valence-corrected chi connectivity index (χ1v) is 6.70. The molecule has 1 aromatic carbocycles. The van der Waals surface area contributed by atoms with Crippen molar-refractivity contribution < 1.29 is 9.90 Å². The lowest BCUT2D eigenvalue weighted by Gasteiger charge is -2.16. The lowest BCUT2D eigenvalue weighted by molar-refractivity contribution is 0.0911. The number of aromatic amines is 1. The number of hydrogen-bond acceptors (Lipinski definition) is 4. The number of hydrogen-bond donors (Lipinski definition) is 3. The minimum Gasteiger partial charge on any atom is -0.394 e. The Morgan fingerprint density at radius 3 is 2.80 bits per heavy atom. The Kier molecular flexibility index (Phi) is 4.65. The van der Waals surface area contributed by atoms with Crippen LogP contribution in [0.3, 0.4) is 0 Å². The quantitative estimate of drug-likeness (QED) is 0.728. The molecular weight excluding hydrogens is 276 g/mol. The molecule has 7 heteroatoms. The molecule has 20 heavy (non-hydrogen) atoms. The van der Waals surface area contributed by atoms with Crippen molar-refractivity contribution in [3.8, 4) is 0 Å². The van der Waals surface area contributed by atoms with E-state index in [2.05, 4.69) is 15.5 Å². The van der Waals surface area contributed by atoms with E-state index >= 15 is 0 Å². The van der Waals surface area contributed by atoms with Crippen LogP contribution in [-0.4, -0.2) is 32.4 Å². The van der Waals surface area contributed by atoms with E-state index in [1.54, 1.807) is 28.8 Å². The van der Waals surface area contributed by atoms with Crippen LogP contribution in [0.1, 0.15) is 29.1 Å². The van der Waals surface area contributed by atoms with Crippen molar-refractivity contribution in [3.63, 3.8) is 0 Å². The highest BCUT2D eigenvalue weighted by molar-refractivity contribution is 7.71. The molecule has 2 aromatic rings. The summed E-state index contributed by atoms with van der Waals surface area (Å²) in [6.45, 7) is 2.28. The summed E-state index contributed by atoms with van der Waals surface area (Å²) in [7, 11) is 0. The SMILES string of the molecule is CCn1c(C(CO)NC(=O)c2ccccc2)n[nH]c1=S. The summed E-state index contributed by atoms with van der Waals surface area (Å²) in [5, 5.41) is 19.0. The fourth-order valence-corrected chi connectivity index (χ4v) is 2.19. The van der Waals surface area contributed by atoms with Crippen LogP contribution >= 0.6 is 12.2 Å². The van der Waals surface area contributed by atoms with Crippen LogP contribution in [0.4, 0.5) is 0 Å². The Bertz CT molecular complexity index is 635. The van der Waals surface area contributed by atoms with Gasteiger partial charge in [0.25, 0.3) is 5.91 Å². The van der Waals surface area contributed by atoms with Gasteiger partial charge in [0.1, 0.15) is 6.04 Å². The standard InChI is InChI=1S/C13H16N4O2S/c1-2-17-11(15-16-13(17)20)10(8-18)14-12(19)9-6-4-3-5-7-9/h3-7,10,18H,2,8H2,1H3,(H,14,19)(H,16,20). The fraction of sp³-hybridized carbons (Fsp3) is 0.308. The van der Waals surface area contributed by atoms with Crippen molar-refractivity contribution in [1.29, 1.82) is 0 Å². The molecule has 0 aliphatic rings. The Morgan fingerprint density at radius 1 is 1.50 bits per heavy atom. The van der Waals surface area contributed by atoms with E-state index in [1.165, 1.54) is 0 Å². The number of benzene rings is 1. The fourth-order valence-electron chi connectivity index (χ4n) is 1.92. The highest BCUT2D eigenvalue weighted by Crippen LogP contribution is 2.11. The summed E-state index contributed by atoms with van der Waals surface area (Å²) in [6.07, 6.45) is 0. The monoisotopic (exact) mass is 292 g/mol. The zero-order valence-electron chi connectivity index (χ0n) is 11.0. The normalized spacial score (nSPS) is 12.1. The number of nitrogens with zero attached hydrogens (tertiary/aromatic N) is 2. The topological polar surface area (TPSA) is 82.9 Å². The van der Waals surface area contributed by atoms with Crippen LogP contribution in [0, 0.1) is 4.77 Å². The number of aliphatic hydroxyl groups excluding tert-OH is 1. The molecule has 2 rings (SSSR count). The van der Waals surface area contributed by atoms with Gasteiger partial charge < -0.3 is 15.0 Å². The van der Waals surface area contributed by atoms with Crippen molar-refractivity contribution in [2.75, 3.05) is 6.61 Å². The van der Waals surface area contributed by atoms with E-state index in [1.807, 2.05) is 13.0 Å². The van der Waals surface area contributed by atoms with Gasteiger partial charge >= 0.3 is 0 Å². The second-order valence-corrected chi connectivity index (χ2v) is 4.59. The minimum absolute atomic E-state index is 0.252. The average molecular weight is 292 g/mol. The first kappa shape index (κ1) is 14.4. The van der Waals surface area contributed by atoms with Gasteiger partial charge in [-0.25, -0.2) is 0 Å². The van der Waals surface area contributed by atoms with Crippen LogP contribution in [0.25, 0.3) is 0 Å². The van der Waals surface area contributed by atoms with Crippen LogP contribution < -0.4 is 5.32 Å². The van der Waals surface area contributed by atoms with Gasteiger partial charge in [-0.05, 0) is 31.3 Å². The van der Waals surface area contributed by atoms with E-state index in [0.717, 1.165) is 0 Å². The maximum absolute atomic E-state index is 12.1. The van der Waals surface area contributed by atoms with E-state index in [-0.39, 0.29) is 12.5 Å². The van der Waals surface area contributed by atoms with E-state index < -0.39 is 6.04 Å². The van der Waals surface area contributed by atoms with Crippen molar-refractivity contribution in [3.05, 3.63) is 46.5 Å². The van der Waals surface area contributed by atoms with Crippen LogP contribution in [-0.2, 0) is 6.54 Å². The second-order valence-electron chi connectivity index (χ2n) is 4.21. The number of carbonyl (C=O) groups excluding carboxylic acids is 1. The molecule has 1 atom stereocenters. The number of nitrogens with one attached hydrogen (secondary N) is 2. The molecule has 0 fully saturated rings. The number of aromatic nitrogens is 3. The molecule has 1 aromatic heterocycles. The number of amides is 1. The van der Waals surface area contributed by atoms with Crippen molar-refractivity contribution in [2.24, 2.45) is 0 Å². The molecule has 1 unspecified atom stereocenters. The lowest BCUT2D eigenvalue weighted by atomic mass is 10.2. The third kappa shape index (κ3) is 2.94. The number of aliphatic hydroxyl groups is 1. The van der Waals surface area contributed by atoms with Crippen LogP contribution in [0.15, 0.2) is 30.3 Å². The smallest absolute Gasteiger partial charge is 0.251 e. The Labute approximate surface area is 121 Å². The second kappa shape index (κ2) is 6.44. The average Bonchev–Trinajstić information content (AvgIpc) is 2.86. The molecule has 0 saturated heterocycles. The first-order chi connectivity index (χ1) is 9.67. The van der Waals surface area contributed by atoms with E-state index in [9.17, 15) is 9.90 Å². The van der Waals surface area contributed by atoms with Gasteiger partial charge in [0.15, 0.2) is 10.6 Å². The molecule has 106 valence electrons. The molecule has 1 heterocycles. The largest absolute Gasteiger partial charge is 0.394 e. The van der Waals surface area contributed by atoms with Crippen molar-refractivity contribution >= 4 is 18.1 Å².